The molecule has 2 bridgehead atoms. The second kappa shape index (κ2) is 2.46. The van der Waals surface area contributed by atoms with Gasteiger partial charge in [-0.1, -0.05) is 0 Å². The zero-order valence-corrected chi connectivity index (χ0v) is 6.62. The molecule has 0 heterocycles. The van der Waals surface area contributed by atoms with E-state index < -0.39 is 11.9 Å². The normalized spacial score (nSPS) is 38.3. The van der Waals surface area contributed by atoms with Crippen molar-refractivity contribution in [1.29, 1.82) is 0 Å². The zero-order valence-electron chi connectivity index (χ0n) is 6.62. The lowest BCUT2D eigenvalue weighted by Gasteiger charge is -2.17. The summed E-state index contributed by atoms with van der Waals surface area (Å²) in [4.78, 5) is 21.2. The molecule has 0 aliphatic heterocycles. The van der Waals surface area contributed by atoms with Crippen LogP contribution in [0, 0.1) is 17.8 Å². The van der Waals surface area contributed by atoms with Gasteiger partial charge < -0.3 is 5.11 Å². The number of hydrogen-bond acceptors (Lipinski definition) is 2. The summed E-state index contributed by atoms with van der Waals surface area (Å²) in [6, 6.07) is 0. The van der Waals surface area contributed by atoms with Crippen molar-refractivity contribution >= 4 is 11.9 Å². The minimum absolute atomic E-state index is 0.212. The molecule has 12 heavy (non-hydrogen) atoms. The van der Waals surface area contributed by atoms with Gasteiger partial charge in [0.15, 0.2) is 0 Å². The summed E-state index contributed by atoms with van der Waals surface area (Å²) < 4.78 is 0. The number of carboxylic acid groups (broad SMARTS) is 1. The van der Waals surface area contributed by atoms with E-state index in [0.29, 0.717) is 5.57 Å². The first-order valence-corrected chi connectivity index (χ1v) is 4.21. The van der Waals surface area contributed by atoms with Crippen LogP contribution in [0.2, 0.25) is 0 Å². The fourth-order valence-corrected chi connectivity index (χ4v) is 2.59. The lowest BCUT2D eigenvalue weighted by molar-refractivity contribution is -0.141. The van der Waals surface area contributed by atoms with Gasteiger partial charge in [0.25, 0.3) is 0 Å². The van der Waals surface area contributed by atoms with Gasteiger partial charge in [-0.15, -0.1) is 0 Å². The van der Waals surface area contributed by atoms with Crippen LogP contribution in [0.4, 0.5) is 0 Å². The highest BCUT2D eigenvalue weighted by molar-refractivity contribution is 5.79. The van der Waals surface area contributed by atoms with Gasteiger partial charge in [0.1, 0.15) is 5.94 Å². The Labute approximate surface area is 70.1 Å². The summed E-state index contributed by atoms with van der Waals surface area (Å²) in [5.74, 6) is 0.895. The van der Waals surface area contributed by atoms with Gasteiger partial charge in [-0.05, 0) is 31.1 Å². The number of rotatable bonds is 1. The molecule has 2 saturated carbocycles. The Kier molecular flexibility index (Phi) is 1.55. The van der Waals surface area contributed by atoms with Crippen molar-refractivity contribution in [3.8, 4) is 0 Å². The van der Waals surface area contributed by atoms with Crippen LogP contribution in [0.15, 0.2) is 5.57 Å². The molecular weight excluding hydrogens is 156 g/mol. The SMILES string of the molecule is O=C=C1C2CCC(C2)C1C(=O)O. The van der Waals surface area contributed by atoms with Gasteiger partial charge in [0.05, 0.1) is 5.92 Å². The number of hydrogen-bond donors (Lipinski definition) is 1. The van der Waals surface area contributed by atoms with Crippen LogP contribution < -0.4 is 0 Å². The fraction of sp³-hybridized carbons (Fsp3) is 0.667. The Bertz CT molecular complexity index is 275. The number of fused-ring (bicyclic) bond motifs is 2. The predicted octanol–water partition coefficient (Wildman–Crippen LogP) is 0.875. The third-order valence-corrected chi connectivity index (χ3v) is 3.10. The van der Waals surface area contributed by atoms with Gasteiger partial charge in [-0.25, -0.2) is 4.79 Å². The molecule has 3 nitrogen and oxygen atoms in total. The number of carboxylic acids is 1. The lowest BCUT2D eigenvalue weighted by Crippen LogP contribution is -2.22. The first kappa shape index (κ1) is 7.56. The smallest absolute Gasteiger partial charge is 0.311 e. The molecule has 2 aliphatic rings. The van der Waals surface area contributed by atoms with Crippen molar-refractivity contribution in [3.05, 3.63) is 5.57 Å². The predicted molar refractivity (Wildman–Crippen MR) is 41.2 cm³/mol. The zero-order chi connectivity index (χ0) is 8.72. The third kappa shape index (κ3) is 0.833. The molecule has 0 aromatic heterocycles. The molecule has 0 aromatic carbocycles. The molecular formula is C9H10O3. The summed E-state index contributed by atoms with van der Waals surface area (Å²) in [5.41, 5.74) is 0.513. The fourth-order valence-electron chi connectivity index (χ4n) is 2.59. The van der Waals surface area contributed by atoms with Gasteiger partial charge in [-0.2, -0.15) is 0 Å². The second-order valence-electron chi connectivity index (χ2n) is 3.64. The molecule has 0 spiro atoms. The summed E-state index contributed by atoms with van der Waals surface area (Å²) in [7, 11) is 0. The lowest BCUT2D eigenvalue weighted by atomic mass is 9.85. The van der Waals surface area contributed by atoms with E-state index in [9.17, 15) is 9.59 Å². The van der Waals surface area contributed by atoms with Crippen molar-refractivity contribution in [1.82, 2.24) is 0 Å². The molecule has 3 heteroatoms. The minimum atomic E-state index is -0.847. The molecule has 3 unspecified atom stereocenters. The standard InChI is InChI=1S/C9H10O3/c10-4-7-5-1-2-6(3-5)8(7)9(11)12/h5-6,8H,1-3H2,(H,11,12). The summed E-state index contributed by atoms with van der Waals surface area (Å²) in [6.45, 7) is 0. The van der Waals surface area contributed by atoms with Crippen LogP contribution in [0.3, 0.4) is 0 Å². The molecule has 2 rings (SSSR count). The Morgan fingerprint density at radius 1 is 1.50 bits per heavy atom. The van der Waals surface area contributed by atoms with Crippen LogP contribution in [0.25, 0.3) is 0 Å². The molecule has 64 valence electrons. The van der Waals surface area contributed by atoms with Crippen LogP contribution in [0.1, 0.15) is 19.3 Å². The first-order chi connectivity index (χ1) is 5.74. The maximum absolute atomic E-state index is 10.8. The average Bonchev–Trinajstić information content (AvgIpc) is 2.60. The molecule has 0 aromatic rings. The van der Waals surface area contributed by atoms with E-state index in [-0.39, 0.29) is 11.8 Å². The molecule has 1 N–H and O–H groups in total. The highest BCUT2D eigenvalue weighted by Gasteiger charge is 2.48. The van der Waals surface area contributed by atoms with Crippen LogP contribution >= 0.6 is 0 Å². The van der Waals surface area contributed by atoms with E-state index in [1.165, 1.54) is 0 Å². The molecule has 0 radical (unpaired) electrons. The summed E-state index contributed by atoms with van der Waals surface area (Å²) in [5, 5.41) is 8.84. The molecule has 3 atom stereocenters. The van der Waals surface area contributed by atoms with Crippen molar-refractivity contribution in [2.75, 3.05) is 0 Å². The molecule has 0 amide bonds. The van der Waals surface area contributed by atoms with Gasteiger partial charge in [0, 0.05) is 5.57 Å². The van der Waals surface area contributed by atoms with Crippen molar-refractivity contribution < 1.29 is 14.7 Å². The first-order valence-electron chi connectivity index (χ1n) is 4.21. The number of carbonyl (C=O) groups is 1. The van der Waals surface area contributed by atoms with Gasteiger partial charge in [-0.3, -0.25) is 4.79 Å². The Hall–Kier alpha value is -1.08. The van der Waals surface area contributed by atoms with Gasteiger partial charge in [0.2, 0.25) is 0 Å². The Morgan fingerprint density at radius 3 is 2.75 bits per heavy atom. The maximum Gasteiger partial charge on any atom is 0.311 e. The minimum Gasteiger partial charge on any atom is -0.481 e. The summed E-state index contributed by atoms with van der Waals surface area (Å²) >= 11 is 0. The Morgan fingerprint density at radius 2 is 2.25 bits per heavy atom. The van der Waals surface area contributed by atoms with Crippen LogP contribution in [-0.4, -0.2) is 17.0 Å². The second-order valence-corrected chi connectivity index (χ2v) is 3.64. The van der Waals surface area contributed by atoms with E-state index in [1.807, 2.05) is 5.94 Å². The maximum atomic E-state index is 10.8. The van der Waals surface area contributed by atoms with E-state index in [0.717, 1.165) is 19.3 Å². The van der Waals surface area contributed by atoms with Crippen molar-refractivity contribution in [2.45, 2.75) is 19.3 Å². The van der Waals surface area contributed by atoms with E-state index in [1.54, 1.807) is 0 Å². The van der Waals surface area contributed by atoms with Crippen LogP contribution in [-0.2, 0) is 9.59 Å². The van der Waals surface area contributed by atoms with Crippen molar-refractivity contribution in [3.63, 3.8) is 0 Å². The highest BCUT2D eigenvalue weighted by Crippen LogP contribution is 2.50. The van der Waals surface area contributed by atoms with E-state index >= 15 is 0 Å². The topological polar surface area (TPSA) is 54.4 Å². The monoisotopic (exact) mass is 166 g/mol. The highest BCUT2D eigenvalue weighted by atomic mass is 16.4. The van der Waals surface area contributed by atoms with Crippen molar-refractivity contribution in [2.24, 2.45) is 17.8 Å². The molecule has 0 saturated heterocycles. The quantitative estimate of drug-likeness (QED) is 0.588. The van der Waals surface area contributed by atoms with E-state index in [2.05, 4.69) is 0 Å². The number of carbonyl (C=O) groups excluding carboxylic acids is 1. The molecule has 2 aliphatic carbocycles. The van der Waals surface area contributed by atoms with E-state index in [4.69, 9.17) is 5.11 Å². The number of aliphatic carboxylic acids is 1. The largest absolute Gasteiger partial charge is 0.481 e. The van der Waals surface area contributed by atoms with Gasteiger partial charge >= 0.3 is 5.97 Å². The average molecular weight is 166 g/mol. The third-order valence-electron chi connectivity index (χ3n) is 3.10. The molecule has 2 fully saturated rings. The van der Waals surface area contributed by atoms with Crippen LogP contribution in [0.5, 0.6) is 0 Å². The Balaban J connectivity index is 2.34. The summed E-state index contributed by atoms with van der Waals surface area (Å²) in [6.07, 6.45) is 2.84.